The van der Waals surface area contributed by atoms with E-state index in [1.54, 1.807) is 26.2 Å². The van der Waals surface area contributed by atoms with Crippen LogP contribution in [0.2, 0.25) is 0 Å². The summed E-state index contributed by atoms with van der Waals surface area (Å²) in [4.78, 5) is 13.1. The van der Waals surface area contributed by atoms with E-state index >= 15 is 0 Å². The van der Waals surface area contributed by atoms with Gasteiger partial charge in [-0.2, -0.15) is 0 Å². The molecule has 4 rings (SSSR count). The van der Waals surface area contributed by atoms with Crippen molar-refractivity contribution in [1.29, 1.82) is 0 Å². The maximum absolute atomic E-state index is 13.1. The van der Waals surface area contributed by atoms with Crippen LogP contribution in [0.1, 0.15) is 21.9 Å². The van der Waals surface area contributed by atoms with Crippen molar-refractivity contribution in [2.75, 3.05) is 7.11 Å². The van der Waals surface area contributed by atoms with Gasteiger partial charge >= 0.3 is 0 Å². The predicted molar refractivity (Wildman–Crippen MR) is 101 cm³/mol. The SMILES string of the molecule is COc1cccc2cc(C(=O)c3c(-c4ccc(Br)cc4)noc3C)oc12. The lowest BCUT2D eigenvalue weighted by Crippen LogP contribution is -2.02. The zero-order chi connectivity index (χ0) is 18.3. The van der Waals surface area contributed by atoms with Crippen LogP contribution in [0.3, 0.4) is 0 Å². The van der Waals surface area contributed by atoms with Gasteiger partial charge in [0.05, 0.1) is 12.7 Å². The van der Waals surface area contributed by atoms with E-state index in [-0.39, 0.29) is 11.5 Å². The van der Waals surface area contributed by atoms with Crippen LogP contribution < -0.4 is 4.74 Å². The minimum absolute atomic E-state index is 0.217. The molecule has 6 heteroatoms. The summed E-state index contributed by atoms with van der Waals surface area (Å²) < 4.78 is 17.3. The number of furan rings is 1. The first-order valence-electron chi connectivity index (χ1n) is 7.92. The molecule has 2 aromatic heterocycles. The lowest BCUT2D eigenvalue weighted by molar-refractivity contribution is 0.101. The number of carbonyl (C=O) groups excluding carboxylic acids is 1. The van der Waals surface area contributed by atoms with E-state index in [2.05, 4.69) is 21.1 Å². The van der Waals surface area contributed by atoms with Crippen LogP contribution in [0, 0.1) is 6.92 Å². The number of para-hydroxylation sites is 1. The molecule has 2 aromatic carbocycles. The van der Waals surface area contributed by atoms with Crippen molar-refractivity contribution >= 4 is 32.7 Å². The number of aryl methyl sites for hydroxylation is 1. The topological polar surface area (TPSA) is 65.5 Å². The Kier molecular flexibility index (Phi) is 4.12. The van der Waals surface area contributed by atoms with E-state index < -0.39 is 0 Å². The van der Waals surface area contributed by atoms with Crippen LogP contribution >= 0.6 is 15.9 Å². The summed E-state index contributed by atoms with van der Waals surface area (Å²) in [6, 6.07) is 14.7. The van der Waals surface area contributed by atoms with Gasteiger partial charge in [0.2, 0.25) is 5.78 Å². The molecule has 5 nitrogen and oxygen atoms in total. The number of ketones is 1. The number of nitrogens with zero attached hydrogens (tertiary/aromatic N) is 1. The maximum atomic E-state index is 13.1. The number of hydrogen-bond donors (Lipinski definition) is 0. The quantitative estimate of drug-likeness (QED) is 0.420. The molecule has 0 atom stereocenters. The van der Waals surface area contributed by atoms with Crippen molar-refractivity contribution < 1.29 is 18.5 Å². The molecule has 0 amide bonds. The third-order valence-electron chi connectivity index (χ3n) is 4.16. The first-order valence-corrected chi connectivity index (χ1v) is 8.71. The van der Waals surface area contributed by atoms with E-state index in [9.17, 15) is 4.79 Å². The monoisotopic (exact) mass is 411 g/mol. The molecule has 0 spiro atoms. The van der Waals surface area contributed by atoms with E-state index in [0.717, 1.165) is 15.4 Å². The minimum atomic E-state index is -0.278. The van der Waals surface area contributed by atoms with Crippen LogP contribution in [0.25, 0.3) is 22.2 Å². The number of benzene rings is 2. The van der Waals surface area contributed by atoms with E-state index in [1.165, 1.54) is 0 Å². The van der Waals surface area contributed by atoms with Crippen LogP contribution in [-0.4, -0.2) is 18.0 Å². The number of fused-ring (bicyclic) bond motifs is 1. The summed E-state index contributed by atoms with van der Waals surface area (Å²) in [7, 11) is 1.56. The van der Waals surface area contributed by atoms with Crippen LogP contribution in [0.4, 0.5) is 0 Å². The Morgan fingerprint density at radius 2 is 1.92 bits per heavy atom. The number of halogens is 1. The smallest absolute Gasteiger partial charge is 0.234 e. The molecule has 0 aliphatic carbocycles. The number of methoxy groups -OCH3 is 1. The average Bonchev–Trinajstić information content (AvgIpc) is 3.25. The van der Waals surface area contributed by atoms with E-state index in [1.807, 2.05) is 36.4 Å². The molecule has 0 saturated carbocycles. The Bertz CT molecular complexity index is 1110. The normalized spacial score (nSPS) is 11.0. The molecule has 0 aliphatic heterocycles. The molecule has 0 saturated heterocycles. The molecular formula is C20H14BrNO4. The summed E-state index contributed by atoms with van der Waals surface area (Å²) in [5, 5.41) is 4.87. The van der Waals surface area contributed by atoms with Gasteiger partial charge in [0, 0.05) is 15.4 Å². The highest BCUT2D eigenvalue weighted by Gasteiger charge is 2.26. The van der Waals surface area contributed by atoms with Gasteiger partial charge in [-0.15, -0.1) is 0 Å². The summed E-state index contributed by atoms with van der Waals surface area (Å²) in [6.45, 7) is 1.71. The fraction of sp³-hybridized carbons (Fsp3) is 0.100. The number of aromatic nitrogens is 1. The van der Waals surface area contributed by atoms with Crippen molar-refractivity contribution in [2.24, 2.45) is 0 Å². The second kappa shape index (κ2) is 6.46. The van der Waals surface area contributed by atoms with Crippen molar-refractivity contribution in [3.8, 4) is 17.0 Å². The second-order valence-corrected chi connectivity index (χ2v) is 6.70. The summed E-state index contributed by atoms with van der Waals surface area (Å²) >= 11 is 3.40. The van der Waals surface area contributed by atoms with Gasteiger partial charge in [-0.25, -0.2) is 0 Å². The molecule has 0 unspecified atom stereocenters. The van der Waals surface area contributed by atoms with Crippen molar-refractivity contribution in [1.82, 2.24) is 5.16 Å². The largest absolute Gasteiger partial charge is 0.493 e. The number of carbonyl (C=O) groups is 1. The zero-order valence-corrected chi connectivity index (χ0v) is 15.7. The lowest BCUT2D eigenvalue weighted by Gasteiger charge is -2.01. The number of hydrogen-bond acceptors (Lipinski definition) is 5. The Morgan fingerprint density at radius 3 is 2.65 bits per heavy atom. The van der Waals surface area contributed by atoms with Gasteiger partial charge in [-0.1, -0.05) is 45.4 Å². The highest BCUT2D eigenvalue weighted by Crippen LogP contribution is 2.32. The molecule has 0 radical (unpaired) electrons. The molecule has 0 bridgehead atoms. The molecule has 0 N–H and O–H groups in total. The standard InChI is InChI=1S/C20H14BrNO4/c1-11-17(18(22-26-11)12-6-8-14(21)9-7-12)19(23)16-10-13-4-3-5-15(24-2)20(13)25-16/h3-10H,1-2H3. The second-order valence-electron chi connectivity index (χ2n) is 5.79. The average molecular weight is 412 g/mol. The Morgan fingerprint density at radius 1 is 1.15 bits per heavy atom. The zero-order valence-electron chi connectivity index (χ0n) is 14.1. The Balaban J connectivity index is 1.82. The van der Waals surface area contributed by atoms with Gasteiger partial charge in [0.1, 0.15) is 11.5 Å². The molecule has 4 aromatic rings. The fourth-order valence-corrected chi connectivity index (χ4v) is 3.14. The molecule has 0 aliphatic rings. The van der Waals surface area contributed by atoms with Gasteiger partial charge in [-0.05, 0) is 31.2 Å². The number of rotatable bonds is 4. The van der Waals surface area contributed by atoms with Crippen molar-refractivity contribution in [3.05, 3.63) is 70.1 Å². The summed E-state index contributed by atoms with van der Waals surface area (Å²) in [5.41, 5.74) is 2.22. The Hall–Kier alpha value is -2.86. The van der Waals surface area contributed by atoms with Gasteiger partial charge in [0.15, 0.2) is 17.1 Å². The highest BCUT2D eigenvalue weighted by molar-refractivity contribution is 9.10. The van der Waals surface area contributed by atoms with Crippen molar-refractivity contribution in [2.45, 2.75) is 6.92 Å². The molecule has 0 fully saturated rings. The minimum Gasteiger partial charge on any atom is -0.493 e. The Labute approximate surface area is 157 Å². The van der Waals surface area contributed by atoms with Crippen LogP contribution in [0.15, 0.2) is 61.9 Å². The summed E-state index contributed by atoms with van der Waals surface area (Å²) in [6.07, 6.45) is 0. The predicted octanol–water partition coefficient (Wildman–Crippen LogP) is 5.40. The molecule has 26 heavy (non-hydrogen) atoms. The number of ether oxygens (including phenoxy) is 1. The third kappa shape index (κ3) is 2.72. The van der Waals surface area contributed by atoms with E-state index in [4.69, 9.17) is 13.7 Å². The highest BCUT2D eigenvalue weighted by atomic mass is 79.9. The molecule has 2 heterocycles. The maximum Gasteiger partial charge on any atom is 0.234 e. The van der Waals surface area contributed by atoms with Crippen LogP contribution in [-0.2, 0) is 0 Å². The molecular weight excluding hydrogens is 398 g/mol. The van der Waals surface area contributed by atoms with Gasteiger partial charge < -0.3 is 13.7 Å². The van der Waals surface area contributed by atoms with Gasteiger partial charge in [-0.3, -0.25) is 4.79 Å². The lowest BCUT2D eigenvalue weighted by atomic mass is 10.0. The summed E-state index contributed by atoms with van der Waals surface area (Å²) in [5.74, 6) is 0.964. The first-order chi connectivity index (χ1) is 12.6. The fourth-order valence-electron chi connectivity index (χ4n) is 2.88. The van der Waals surface area contributed by atoms with Gasteiger partial charge in [0.25, 0.3) is 0 Å². The molecule has 130 valence electrons. The van der Waals surface area contributed by atoms with Crippen LogP contribution in [0.5, 0.6) is 5.75 Å². The van der Waals surface area contributed by atoms with Crippen molar-refractivity contribution in [3.63, 3.8) is 0 Å². The third-order valence-corrected chi connectivity index (χ3v) is 4.69. The first kappa shape index (κ1) is 16.6. The van der Waals surface area contributed by atoms with E-state index in [0.29, 0.717) is 28.4 Å².